The summed E-state index contributed by atoms with van der Waals surface area (Å²) >= 11 is 5.87. The number of amides is 1. The van der Waals surface area contributed by atoms with E-state index in [0.717, 1.165) is 5.56 Å². The second kappa shape index (κ2) is 7.84. The highest BCUT2D eigenvalue weighted by Crippen LogP contribution is 2.29. The number of carbonyl (C=O) groups is 1. The Balaban J connectivity index is 1.77. The molecule has 0 aliphatic heterocycles. The maximum Gasteiger partial charge on any atom is 0.258 e. The van der Waals surface area contributed by atoms with Gasteiger partial charge in [-0.25, -0.2) is 9.97 Å². The first-order valence-electron chi connectivity index (χ1n) is 7.72. The molecule has 0 unspecified atom stereocenters. The smallest absolute Gasteiger partial charge is 0.258 e. The van der Waals surface area contributed by atoms with Gasteiger partial charge < -0.3 is 14.8 Å². The van der Waals surface area contributed by atoms with Crippen molar-refractivity contribution in [3.63, 3.8) is 0 Å². The van der Waals surface area contributed by atoms with Crippen molar-refractivity contribution in [3.05, 3.63) is 65.4 Å². The van der Waals surface area contributed by atoms with Gasteiger partial charge in [0, 0.05) is 29.0 Å². The van der Waals surface area contributed by atoms with Gasteiger partial charge in [-0.05, 0) is 36.4 Å². The zero-order valence-corrected chi connectivity index (χ0v) is 14.9. The average Bonchev–Trinajstić information content (AvgIpc) is 2.69. The Morgan fingerprint density at radius 1 is 1.00 bits per heavy atom. The third-order valence-electron chi connectivity index (χ3n) is 3.67. The van der Waals surface area contributed by atoms with E-state index in [4.69, 9.17) is 21.1 Å². The molecule has 0 saturated heterocycles. The lowest BCUT2D eigenvalue weighted by Crippen LogP contribution is -2.13. The lowest BCUT2D eigenvalue weighted by Gasteiger charge is -2.11. The molecule has 6 nitrogen and oxygen atoms in total. The number of nitrogens with one attached hydrogen (secondary N) is 1. The Morgan fingerprint density at radius 3 is 2.31 bits per heavy atom. The molecule has 1 N–H and O–H groups in total. The largest absolute Gasteiger partial charge is 0.497 e. The molecule has 1 aromatic heterocycles. The van der Waals surface area contributed by atoms with Gasteiger partial charge in [0.1, 0.15) is 11.5 Å². The maximum absolute atomic E-state index is 12.4. The van der Waals surface area contributed by atoms with E-state index in [9.17, 15) is 4.79 Å². The molecule has 0 aliphatic rings. The van der Waals surface area contributed by atoms with Crippen LogP contribution in [-0.2, 0) is 0 Å². The molecule has 3 rings (SSSR count). The van der Waals surface area contributed by atoms with Gasteiger partial charge in [-0.3, -0.25) is 4.79 Å². The van der Waals surface area contributed by atoms with Crippen LogP contribution in [0.3, 0.4) is 0 Å². The van der Waals surface area contributed by atoms with Gasteiger partial charge >= 0.3 is 0 Å². The van der Waals surface area contributed by atoms with Gasteiger partial charge in [-0.15, -0.1) is 0 Å². The van der Waals surface area contributed by atoms with Gasteiger partial charge in [0.15, 0.2) is 5.82 Å². The van der Waals surface area contributed by atoms with E-state index in [0.29, 0.717) is 33.6 Å². The van der Waals surface area contributed by atoms with E-state index in [1.54, 1.807) is 37.4 Å². The standard InChI is InChI=1S/C19H16ClN3O3/c1-25-15-7-8-16(17(9-15)26-2)23-19(24)13-10-21-18(22-11-13)12-3-5-14(20)6-4-12/h3-11H,1-2H3,(H,23,24). The fourth-order valence-corrected chi connectivity index (χ4v) is 2.42. The maximum atomic E-state index is 12.4. The summed E-state index contributed by atoms with van der Waals surface area (Å²) in [6, 6.07) is 12.3. The summed E-state index contributed by atoms with van der Waals surface area (Å²) < 4.78 is 10.4. The molecular formula is C19H16ClN3O3. The Hall–Kier alpha value is -3.12. The SMILES string of the molecule is COc1ccc(NC(=O)c2cnc(-c3ccc(Cl)cc3)nc2)c(OC)c1. The van der Waals surface area contributed by atoms with Gasteiger partial charge in [-0.2, -0.15) is 0 Å². The predicted octanol–water partition coefficient (Wildman–Crippen LogP) is 4.07. The molecular weight excluding hydrogens is 354 g/mol. The van der Waals surface area contributed by atoms with Crippen molar-refractivity contribution in [1.82, 2.24) is 9.97 Å². The number of halogens is 1. The number of anilines is 1. The van der Waals surface area contributed by atoms with Crippen LogP contribution < -0.4 is 14.8 Å². The third-order valence-corrected chi connectivity index (χ3v) is 3.93. The highest BCUT2D eigenvalue weighted by atomic mass is 35.5. The average molecular weight is 370 g/mol. The first kappa shape index (κ1) is 17.7. The van der Waals surface area contributed by atoms with Crippen LogP contribution in [0.15, 0.2) is 54.9 Å². The second-order valence-electron chi connectivity index (χ2n) is 5.32. The van der Waals surface area contributed by atoms with Crippen LogP contribution in [-0.4, -0.2) is 30.1 Å². The number of ether oxygens (including phenoxy) is 2. The minimum absolute atomic E-state index is 0.334. The van der Waals surface area contributed by atoms with Crippen LogP contribution in [0.2, 0.25) is 5.02 Å². The quantitative estimate of drug-likeness (QED) is 0.734. The van der Waals surface area contributed by atoms with Crippen molar-refractivity contribution in [2.45, 2.75) is 0 Å². The summed E-state index contributed by atoms with van der Waals surface area (Å²) in [5.41, 5.74) is 1.68. The lowest BCUT2D eigenvalue weighted by atomic mass is 10.2. The first-order chi connectivity index (χ1) is 12.6. The Labute approximate surface area is 155 Å². The molecule has 132 valence electrons. The van der Waals surface area contributed by atoms with Crippen molar-refractivity contribution in [1.29, 1.82) is 0 Å². The van der Waals surface area contributed by atoms with Crippen LogP contribution in [0.1, 0.15) is 10.4 Å². The Bertz CT molecular complexity index is 912. The summed E-state index contributed by atoms with van der Waals surface area (Å²) in [5.74, 6) is 1.31. The molecule has 1 heterocycles. The van der Waals surface area contributed by atoms with Crippen molar-refractivity contribution in [2.75, 3.05) is 19.5 Å². The molecule has 3 aromatic rings. The Morgan fingerprint density at radius 2 is 1.69 bits per heavy atom. The fourth-order valence-electron chi connectivity index (χ4n) is 2.29. The zero-order valence-electron chi connectivity index (χ0n) is 14.2. The lowest BCUT2D eigenvalue weighted by molar-refractivity contribution is 0.102. The highest BCUT2D eigenvalue weighted by Gasteiger charge is 2.12. The molecule has 0 bridgehead atoms. The van der Waals surface area contributed by atoms with Crippen LogP contribution in [0.25, 0.3) is 11.4 Å². The molecule has 26 heavy (non-hydrogen) atoms. The number of benzene rings is 2. The van der Waals surface area contributed by atoms with Crippen molar-refractivity contribution in [3.8, 4) is 22.9 Å². The number of hydrogen-bond donors (Lipinski definition) is 1. The molecule has 0 radical (unpaired) electrons. The molecule has 1 amide bonds. The van der Waals surface area contributed by atoms with Crippen LogP contribution in [0, 0.1) is 0 Å². The summed E-state index contributed by atoms with van der Waals surface area (Å²) in [5, 5.41) is 3.42. The monoisotopic (exact) mass is 369 g/mol. The van der Waals surface area contributed by atoms with Gasteiger partial charge in [0.25, 0.3) is 5.91 Å². The van der Waals surface area contributed by atoms with E-state index in [1.165, 1.54) is 19.5 Å². The number of carbonyl (C=O) groups excluding carboxylic acids is 1. The Kier molecular flexibility index (Phi) is 5.34. The normalized spacial score (nSPS) is 10.3. The van der Waals surface area contributed by atoms with Crippen LogP contribution >= 0.6 is 11.6 Å². The van der Waals surface area contributed by atoms with E-state index >= 15 is 0 Å². The van der Waals surface area contributed by atoms with E-state index in [1.807, 2.05) is 12.1 Å². The number of aromatic nitrogens is 2. The van der Waals surface area contributed by atoms with Crippen molar-refractivity contribution in [2.24, 2.45) is 0 Å². The molecule has 0 atom stereocenters. The third kappa shape index (κ3) is 3.92. The van der Waals surface area contributed by atoms with Crippen LogP contribution in [0.4, 0.5) is 5.69 Å². The summed E-state index contributed by atoms with van der Waals surface area (Å²) in [6.45, 7) is 0. The highest BCUT2D eigenvalue weighted by molar-refractivity contribution is 6.30. The van der Waals surface area contributed by atoms with E-state index < -0.39 is 0 Å². The van der Waals surface area contributed by atoms with Gasteiger partial charge in [-0.1, -0.05) is 11.6 Å². The van der Waals surface area contributed by atoms with Gasteiger partial charge in [0.05, 0.1) is 25.5 Å². The molecule has 7 heteroatoms. The minimum Gasteiger partial charge on any atom is -0.497 e. The molecule has 0 spiro atoms. The van der Waals surface area contributed by atoms with Crippen molar-refractivity contribution >= 4 is 23.2 Å². The molecule has 0 saturated carbocycles. The molecule has 2 aromatic carbocycles. The number of methoxy groups -OCH3 is 2. The summed E-state index contributed by atoms with van der Waals surface area (Å²) in [6.07, 6.45) is 2.95. The molecule has 0 aliphatic carbocycles. The van der Waals surface area contributed by atoms with Crippen LogP contribution in [0.5, 0.6) is 11.5 Å². The van der Waals surface area contributed by atoms with E-state index in [-0.39, 0.29) is 5.91 Å². The fraction of sp³-hybridized carbons (Fsp3) is 0.105. The predicted molar refractivity (Wildman–Crippen MR) is 100.0 cm³/mol. The van der Waals surface area contributed by atoms with Gasteiger partial charge in [0.2, 0.25) is 0 Å². The minimum atomic E-state index is -0.337. The number of rotatable bonds is 5. The zero-order chi connectivity index (χ0) is 18.5. The number of nitrogens with zero attached hydrogens (tertiary/aromatic N) is 2. The first-order valence-corrected chi connectivity index (χ1v) is 8.10. The number of hydrogen-bond acceptors (Lipinski definition) is 5. The molecule has 0 fully saturated rings. The van der Waals surface area contributed by atoms with Crippen molar-refractivity contribution < 1.29 is 14.3 Å². The second-order valence-corrected chi connectivity index (χ2v) is 5.76. The van der Waals surface area contributed by atoms with E-state index in [2.05, 4.69) is 15.3 Å². The summed E-state index contributed by atoms with van der Waals surface area (Å²) in [4.78, 5) is 20.9. The topological polar surface area (TPSA) is 73.3 Å². The summed E-state index contributed by atoms with van der Waals surface area (Å²) in [7, 11) is 3.08.